The summed E-state index contributed by atoms with van der Waals surface area (Å²) in [5, 5.41) is 3.29. The van der Waals surface area contributed by atoms with Crippen molar-refractivity contribution in [2.24, 2.45) is 4.99 Å². The zero-order valence-corrected chi connectivity index (χ0v) is 17.0. The van der Waals surface area contributed by atoms with Crippen LogP contribution in [0.25, 0.3) is 0 Å². The Balaban J connectivity index is 0.000000335. The van der Waals surface area contributed by atoms with Gasteiger partial charge in [-0.15, -0.1) is 0 Å². The number of ether oxygens (including phenoxy) is 2. The van der Waals surface area contributed by atoms with Crippen LogP contribution in [0.4, 0.5) is 13.2 Å². The predicted molar refractivity (Wildman–Crippen MR) is 106 cm³/mol. The fourth-order valence-electron chi connectivity index (χ4n) is 2.42. The van der Waals surface area contributed by atoms with Crippen LogP contribution in [0, 0.1) is 17.5 Å². The zero-order valence-electron chi connectivity index (χ0n) is 16.2. The summed E-state index contributed by atoms with van der Waals surface area (Å²) >= 11 is 5.40. The summed E-state index contributed by atoms with van der Waals surface area (Å²) in [5.41, 5.74) is 0.746. The minimum absolute atomic E-state index is 0.0204. The Hall–Kier alpha value is -2.91. The first kappa shape index (κ1) is 23.4. The normalized spacial score (nSPS) is 13.1. The van der Waals surface area contributed by atoms with Crippen LogP contribution in [-0.4, -0.2) is 44.2 Å². The van der Waals surface area contributed by atoms with Crippen LogP contribution in [0.5, 0.6) is 0 Å². The van der Waals surface area contributed by atoms with Gasteiger partial charge in [0.05, 0.1) is 32.0 Å². The van der Waals surface area contributed by atoms with Crippen LogP contribution in [0.1, 0.15) is 12.1 Å². The number of pyridine rings is 1. The molecule has 0 bridgehead atoms. The molecule has 10 heteroatoms. The number of methoxy groups -OCH3 is 2. The maximum Gasteiger partial charge on any atom is 0.337 e. The van der Waals surface area contributed by atoms with Gasteiger partial charge in [0.2, 0.25) is 0 Å². The quantitative estimate of drug-likeness (QED) is 0.717. The molecule has 0 radical (unpaired) electrons. The van der Waals surface area contributed by atoms with E-state index in [1.54, 1.807) is 12.1 Å². The molecular formula is C20H19ClF3N3O3. The lowest BCUT2D eigenvalue weighted by Gasteiger charge is -2.21. The van der Waals surface area contributed by atoms with Crippen molar-refractivity contribution < 1.29 is 27.4 Å². The number of halogens is 4. The van der Waals surface area contributed by atoms with E-state index in [2.05, 4.69) is 15.3 Å². The SMILES string of the molecule is COCCC1=C(C(=O)OC)CN=C(c2ncc(F)cc2F)N1.Fc1cccc(Cl)c1. The van der Waals surface area contributed by atoms with E-state index in [9.17, 15) is 18.0 Å². The van der Waals surface area contributed by atoms with Gasteiger partial charge in [0.15, 0.2) is 11.7 Å². The fourth-order valence-corrected chi connectivity index (χ4v) is 2.60. The first-order valence-electron chi connectivity index (χ1n) is 8.69. The minimum Gasteiger partial charge on any atom is -0.466 e. The number of benzene rings is 1. The van der Waals surface area contributed by atoms with Crippen LogP contribution in [-0.2, 0) is 14.3 Å². The van der Waals surface area contributed by atoms with Gasteiger partial charge in [0.25, 0.3) is 0 Å². The molecule has 3 rings (SSSR count). The number of nitrogens with zero attached hydrogens (tertiary/aromatic N) is 2. The van der Waals surface area contributed by atoms with Gasteiger partial charge in [0.1, 0.15) is 17.3 Å². The number of aromatic nitrogens is 1. The molecule has 1 aromatic heterocycles. The van der Waals surface area contributed by atoms with E-state index < -0.39 is 17.6 Å². The second-order valence-corrected chi connectivity index (χ2v) is 6.34. The van der Waals surface area contributed by atoms with Crippen molar-refractivity contribution in [1.29, 1.82) is 0 Å². The average Bonchev–Trinajstić information content (AvgIpc) is 2.72. The van der Waals surface area contributed by atoms with E-state index in [0.29, 0.717) is 29.3 Å². The van der Waals surface area contributed by atoms with Gasteiger partial charge in [0, 0.05) is 30.3 Å². The first-order valence-corrected chi connectivity index (χ1v) is 9.06. The lowest BCUT2D eigenvalue weighted by Crippen LogP contribution is -2.34. The number of rotatable bonds is 5. The molecule has 1 aliphatic rings. The van der Waals surface area contributed by atoms with Crippen molar-refractivity contribution in [3.8, 4) is 0 Å². The number of amidine groups is 1. The van der Waals surface area contributed by atoms with Crippen molar-refractivity contribution >= 4 is 23.4 Å². The summed E-state index contributed by atoms with van der Waals surface area (Å²) in [4.78, 5) is 19.5. The van der Waals surface area contributed by atoms with E-state index in [4.69, 9.17) is 21.1 Å². The molecule has 1 aliphatic heterocycles. The minimum atomic E-state index is -0.834. The second-order valence-electron chi connectivity index (χ2n) is 5.91. The van der Waals surface area contributed by atoms with E-state index >= 15 is 0 Å². The molecule has 0 atom stereocenters. The van der Waals surface area contributed by atoms with Crippen molar-refractivity contribution in [1.82, 2.24) is 10.3 Å². The number of hydrogen-bond donors (Lipinski definition) is 1. The van der Waals surface area contributed by atoms with E-state index in [1.165, 1.54) is 26.4 Å². The molecule has 1 N–H and O–H groups in total. The molecule has 30 heavy (non-hydrogen) atoms. The van der Waals surface area contributed by atoms with E-state index in [0.717, 1.165) is 12.3 Å². The smallest absolute Gasteiger partial charge is 0.337 e. The number of esters is 1. The zero-order chi connectivity index (χ0) is 22.1. The van der Waals surface area contributed by atoms with Gasteiger partial charge in [-0.1, -0.05) is 17.7 Å². The lowest BCUT2D eigenvalue weighted by molar-refractivity contribution is -0.136. The Morgan fingerprint density at radius 3 is 2.53 bits per heavy atom. The number of carbonyl (C=O) groups is 1. The molecule has 1 aromatic carbocycles. The molecule has 2 heterocycles. The molecule has 0 unspecified atom stereocenters. The van der Waals surface area contributed by atoms with Crippen molar-refractivity contribution in [2.75, 3.05) is 27.4 Å². The maximum absolute atomic E-state index is 13.8. The topological polar surface area (TPSA) is 72.8 Å². The Kier molecular flexibility index (Phi) is 8.82. The maximum atomic E-state index is 13.8. The standard InChI is InChI=1S/C14H15F2N3O3.C6H4ClF/c1-21-4-3-11-9(14(20)22-2)7-18-13(19-11)12-10(16)5-8(15)6-17-12;7-5-2-1-3-6(8)4-5/h5-6H,3-4,7H2,1-2H3,(H,18,19);1-4H. The summed E-state index contributed by atoms with van der Waals surface area (Å²) in [6.07, 6.45) is 1.29. The molecule has 0 saturated heterocycles. The second kappa shape index (κ2) is 11.3. The molecular weight excluding hydrogens is 423 g/mol. The van der Waals surface area contributed by atoms with Gasteiger partial charge >= 0.3 is 5.97 Å². The molecule has 0 fully saturated rings. The number of carbonyl (C=O) groups excluding carboxylic acids is 1. The molecule has 2 aromatic rings. The third kappa shape index (κ3) is 6.57. The van der Waals surface area contributed by atoms with E-state index in [-0.39, 0.29) is 23.9 Å². The van der Waals surface area contributed by atoms with Crippen LogP contribution in [0.3, 0.4) is 0 Å². The number of hydrogen-bond acceptors (Lipinski definition) is 6. The van der Waals surface area contributed by atoms with Crippen LogP contribution in [0.2, 0.25) is 5.02 Å². The molecule has 0 saturated carbocycles. The summed E-state index contributed by atoms with van der Waals surface area (Å²) in [6.45, 7) is 0.377. The largest absolute Gasteiger partial charge is 0.466 e. The van der Waals surface area contributed by atoms with Crippen molar-refractivity contribution in [3.05, 3.63) is 76.0 Å². The van der Waals surface area contributed by atoms with Crippen LogP contribution >= 0.6 is 11.6 Å². The lowest BCUT2D eigenvalue weighted by atomic mass is 10.1. The summed E-state index contributed by atoms with van der Waals surface area (Å²) in [5.74, 6) is -2.29. The highest BCUT2D eigenvalue weighted by Gasteiger charge is 2.24. The van der Waals surface area contributed by atoms with Gasteiger partial charge in [-0.2, -0.15) is 0 Å². The molecule has 0 spiro atoms. The van der Waals surface area contributed by atoms with Crippen molar-refractivity contribution in [2.45, 2.75) is 6.42 Å². The van der Waals surface area contributed by atoms with Gasteiger partial charge < -0.3 is 14.8 Å². The third-order valence-corrected chi connectivity index (χ3v) is 4.07. The van der Waals surface area contributed by atoms with Crippen LogP contribution < -0.4 is 5.32 Å². The summed E-state index contributed by atoms with van der Waals surface area (Å²) in [6, 6.07) is 6.54. The summed E-state index contributed by atoms with van der Waals surface area (Å²) < 4.78 is 48.5. The Bertz CT molecular complexity index is 950. The Labute approximate surface area is 176 Å². The number of nitrogens with one attached hydrogen (secondary N) is 1. The highest BCUT2D eigenvalue weighted by molar-refractivity contribution is 6.30. The molecule has 6 nitrogen and oxygen atoms in total. The molecule has 160 valence electrons. The summed E-state index contributed by atoms with van der Waals surface area (Å²) in [7, 11) is 2.79. The van der Waals surface area contributed by atoms with Crippen LogP contribution in [0.15, 0.2) is 52.8 Å². The monoisotopic (exact) mass is 441 g/mol. The van der Waals surface area contributed by atoms with Gasteiger partial charge in [-0.25, -0.2) is 22.9 Å². The first-order chi connectivity index (χ1) is 14.3. The average molecular weight is 442 g/mol. The molecule has 0 aliphatic carbocycles. The highest BCUT2D eigenvalue weighted by Crippen LogP contribution is 2.17. The Morgan fingerprint density at radius 1 is 1.20 bits per heavy atom. The Morgan fingerprint density at radius 2 is 1.97 bits per heavy atom. The van der Waals surface area contributed by atoms with Gasteiger partial charge in [-0.3, -0.25) is 4.99 Å². The number of aliphatic imine (C=N–C) groups is 1. The van der Waals surface area contributed by atoms with Gasteiger partial charge in [-0.05, 0) is 18.2 Å². The highest BCUT2D eigenvalue weighted by atomic mass is 35.5. The van der Waals surface area contributed by atoms with E-state index in [1.807, 2.05) is 0 Å². The predicted octanol–water partition coefficient (Wildman–Crippen LogP) is 3.65. The fraction of sp³-hybridized carbons (Fsp3) is 0.250. The van der Waals surface area contributed by atoms with Crippen molar-refractivity contribution in [3.63, 3.8) is 0 Å². The molecule has 0 amide bonds. The third-order valence-electron chi connectivity index (χ3n) is 3.84.